The third kappa shape index (κ3) is 3.82. The van der Waals surface area contributed by atoms with E-state index in [9.17, 15) is 0 Å². The van der Waals surface area contributed by atoms with Crippen molar-refractivity contribution in [2.24, 2.45) is 11.5 Å². The van der Waals surface area contributed by atoms with Crippen LogP contribution in [0.3, 0.4) is 0 Å². The van der Waals surface area contributed by atoms with Crippen molar-refractivity contribution in [3.05, 3.63) is 0 Å². The highest BCUT2D eigenvalue weighted by Crippen LogP contribution is 2.14. The second-order valence-electron chi connectivity index (χ2n) is 2.69. The van der Waals surface area contributed by atoms with Crippen molar-refractivity contribution >= 4 is 0 Å². The highest BCUT2D eigenvalue weighted by molar-refractivity contribution is 4.76. The smallest absolute Gasteiger partial charge is 0.0319 e. The minimum Gasteiger partial charge on any atom is -0.400 e. The van der Waals surface area contributed by atoms with Gasteiger partial charge in [0.15, 0.2) is 0 Å². The quantitative estimate of drug-likeness (QED) is 0.444. The number of aliphatic hydroxyl groups excluding tert-OH is 1. The predicted octanol–water partition coefficient (Wildman–Crippen LogP) is -0.176. The van der Waals surface area contributed by atoms with E-state index in [2.05, 4.69) is 0 Å². The van der Waals surface area contributed by atoms with Gasteiger partial charge in [-0.3, -0.25) is 0 Å². The van der Waals surface area contributed by atoms with Gasteiger partial charge in [-0.25, -0.2) is 0 Å². The Labute approximate surface area is 62.4 Å². The van der Waals surface area contributed by atoms with Crippen molar-refractivity contribution < 1.29 is 5.11 Å². The van der Waals surface area contributed by atoms with Crippen LogP contribution in [0.1, 0.15) is 25.7 Å². The fraction of sp³-hybridized carbons (Fsp3) is 1.00. The van der Waals surface area contributed by atoms with Crippen LogP contribution in [0.2, 0.25) is 0 Å². The van der Waals surface area contributed by atoms with E-state index >= 15 is 0 Å². The number of nitrogens with two attached hydrogens (primary N) is 2. The van der Waals surface area contributed by atoms with Crippen molar-refractivity contribution in [3.8, 4) is 0 Å². The van der Waals surface area contributed by atoms with E-state index in [0.29, 0.717) is 12.1 Å². The summed E-state index contributed by atoms with van der Waals surface area (Å²) in [5, 5.41) is 7.00. The topological polar surface area (TPSA) is 72.3 Å². The van der Waals surface area contributed by atoms with Gasteiger partial charge in [0.1, 0.15) is 0 Å². The summed E-state index contributed by atoms with van der Waals surface area (Å²) < 4.78 is 0. The summed E-state index contributed by atoms with van der Waals surface area (Å²) in [6.45, 7) is 0. The Morgan fingerprint density at radius 2 is 1.50 bits per heavy atom. The lowest BCUT2D eigenvalue weighted by atomic mass is 9.92. The van der Waals surface area contributed by atoms with Crippen molar-refractivity contribution in [3.63, 3.8) is 0 Å². The molecule has 0 radical (unpaired) electrons. The van der Waals surface area contributed by atoms with Gasteiger partial charge >= 0.3 is 0 Å². The van der Waals surface area contributed by atoms with Gasteiger partial charge in [0.2, 0.25) is 0 Å². The molecule has 62 valence electrons. The molecule has 1 fully saturated rings. The lowest BCUT2D eigenvalue weighted by molar-refractivity contribution is 0.392. The van der Waals surface area contributed by atoms with Crippen LogP contribution in [0.15, 0.2) is 0 Å². The molecule has 5 N–H and O–H groups in total. The average molecular weight is 146 g/mol. The van der Waals surface area contributed by atoms with E-state index in [1.807, 2.05) is 0 Å². The zero-order valence-electron chi connectivity index (χ0n) is 6.59. The first-order valence-electron chi connectivity index (χ1n) is 3.75. The van der Waals surface area contributed by atoms with Crippen LogP contribution in [0.5, 0.6) is 0 Å². The fourth-order valence-electron chi connectivity index (χ4n) is 1.27. The van der Waals surface area contributed by atoms with Crippen LogP contribution in [-0.2, 0) is 0 Å². The molecule has 0 bridgehead atoms. The Hall–Kier alpha value is -0.120. The van der Waals surface area contributed by atoms with Crippen LogP contribution in [0, 0.1) is 0 Å². The molecular formula is C7H18N2O. The third-order valence-electron chi connectivity index (χ3n) is 1.76. The van der Waals surface area contributed by atoms with Crippen molar-refractivity contribution in [1.82, 2.24) is 0 Å². The Balaban J connectivity index is 0.000000371. The van der Waals surface area contributed by atoms with Crippen molar-refractivity contribution in [1.29, 1.82) is 0 Å². The van der Waals surface area contributed by atoms with E-state index in [1.54, 1.807) is 0 Å². The second kappa shape index (κ2) is 5.65. The van der Waals surface area contributed by atoms with Gasteiger partial charge in [0, 0.05) is 19.2 Å². The van der Waals surface area contributed by atoms with Crippen LogP contribution < -0.4 is 11.5 Å². The number of rotatable bonds is 0. The highest BCUT2D eigenvalue weighted by atomic mass is 16.2. The first-order chi connectivity index (χ1) is 4.79. The normalized spacial score (nSPS) is 32.4. The molecule has 1 aliphatic carbocycles. The lowest BCUT2D eigenvalue weighted by Crippen LogP contribution is -2.35. The number of hydrogen-bond acceptors (Lipinski definition) is 3. The molecule has 3 nitrogen and oxygen atoms in total. The molecule has 10 heavy (non-hydrogen) atoms. The molecule has 0 amide bonds. The molecule has 2 atom stereocenters. The summed E-state index contributed by atoms with van der Waals surface area (Å²) in [6.07, 6.45) is 4.60. The highest BCUT2D eigenvalue weighted by Gasteiger charge is 2.14. The zero-order chi connectivity index (χ0) is 7.98. The first-order valence-corrected chi connectivity index (χ1v) is 3.75. The summed E-state index contributed by atoms with van der Waals surface area (Å²) in [6, 6.07) is 0.775. The summed E-state index contributed by atoms with van der Waals surface area (Å²) in [5.41, 5.74) is 11.3. The number of hydrogen-bond donors (Lipinski definition) is 3. The minimum atomic E-state index is 0.388. The second-order valence-corrected chi connectivity index (χ2v) is 2.69. The molecule has 0 aliphatic heterocycles. The lowest BCUT2D eigenvalue weighted by Gasteiger charge is -2.22. The van der Waals surface area contributed by atoms with Gasteiger partial charge in [-0.1, -0.05) is 6.42 Å². The summed E-state index contributed by atoms with van der Waals surface area (Å²) in [5.74, 6) is 0. The van der Waals surface area contributed by atoms with Crippen LogP contribution in [-0.4, -0.2) is 24.3 Å². The zero-order valence-corrected chi connectivity index (χ0v) is 6.59. The maximum absolute atomic E-state index is 7.00. The SMILES string of the molecule is CO.NC1CCC[C@H](N)C1. The third-order valence-corrected chi connectivity index (χ3v) is 1.76. The molecule has 0 heterocycles. The van der Waals surface area contributed by atoms with Gasteiger partial charge in [0.05, 0.1) is 0 Å². The Kier molecular flexibility index (Phi) is 5.58. The predicted molar refractivity (Wildman–Crippen MR) is 42.6 cm³/mol. The van der Waals surface area contributed by atoms with Gasteiger partial charge < -0.3 is 16.6 Å². The summed E-state index contributed by atoms with van der Waals surface area (Å²) in [4.78, 5) is 0. The largest absolute Gasteiger partial charge is 0.400 e. The molecule has 0 aromatic heterocycles. The molecule has 1 rings (SSSR count). The van der Waals surface area contributed by atoms with Crippen molar-refractivity contribution in [2.75, 3.05) is 7.11 Å². The molecule has 0 spiro atoms. The molecule has 0 aromatic rings. The molecule has 1 unspecified atom stereocenters. The van der Waals surface area contributed by atoms with Crippen LogP contribution >= 0.6 is 0 Å². The van der Waals surface area contributed by atoms with Gasteiger partial charge in [-0.2, -0.15) is 0 Å². The average Bonchev–Trinajstić information content (AvgIpc) is 1.91. The molecule has 0 saturated heterocycles. The molecular weight excluding hydrogens is 128 g/mol. The fourth-order valence-corrected chi connectivity index (χ4v) is 1.27. The van der Waals surface area contributed by atoms with E-state index in [1.165, 1.54) is 19.3 Å². The van der Waals surface area contributed by atoms with E-state index in [4.69, 9.17) is 16.6 Å². The molecule has 0 aromatic carbocycles. The molecule has 3 heteroatoms. The van der Waals surface area contributed by atoms with E-state index in [0.717, 1.165) is 13.5 Å². The van der Waals surface area contributed by atoms with Crippen molar-refractivity contribution in [2.45, 2.75) is 37.8 Å². The molecule has 1 aliphatic rings. The van der Waals surface area contributed by atoms with Crippen LogP contribution in [0.4, 0.5) is 0 Å². The molecule has 1 saturated carbocycles. The monoisotopic (exact) mass is 146 g/mol. The van der Waals surface area contributed by atoms with E-state index < -0.39 is 0 Å². The van der Waals surface area contributed by atoms with Gasteiger partial charge in [0.25, 0.3) is 0 Å². The Bertz CT molecular complexity index is 70.0. The maximum Gasteiger partial charge on any atom is 0.0319 e. The first kappa shape index (κ1) is 9.88. The summed E-state index contributed by atoms with van der Waals surface area (Å²) in [7, 11) is 1.00. The van der Waals surface area contributed by atoms with E-state index in [-0.39, 0.29) is 0 Å². The van der Waals surface area contributed by atoms with Gasteiger partial charge in [-0.05, 0) is 19.3 Å². The standard InChI is InChI=1S/C6H14N2.CH4O/c7-5-2-1-3-6(8)4-5;1-2/h5-6H,1-4,7-8H2;2H,1H3/t5-,6?;/m0./s1. The van der Waals surface area contributed by atoms with Gasteiger partial charge in [-0.15, -0.1) is 0 Å². The number of aliphatic hydroxyl groups is 1. The maximum atomic E-state index is 7.00. The van der Waals surface area contributed by atoms with Crippen LogP contribution in [0.25, 0.3) is 0 Å². The summed E-state index contributed by atoms with van der Waals surface area (Å²) >= 11 is 0. The Morgan fingerprint density at radius 1 is 1.10 bits per heavy atom. The Morgan fingerprint density at radius 3 is 1.70 bits per heavy atom. The minimum absolute atomic E-state index is 0.388.